The number of hydrogen-bond donors (Lipinski definition) is 2. The molecule has 4 nitrogen and oxygen atoms in total. The molecule has 1 aromatic rings. The minimum atomic E-state index is -0.603. The lowest BCUT2D eigenvalue weighted by atomic mass is 10.1. The van der Waals surface area contributed by atoms with Crippen molar-refractivity contribution in [2.45, 2.75) is 58.7 Å². The van der Waals surface area contributed by atoms with Crippen molar-refractivity contribution in [2.24, 2.45) is 0 Å². The van der Waals surface area contributed by atoms with E-state index >= 15 is 0 Å². The molecular weight excluding hydrogens is 302 g/mol. The molecule has 2 unspecified atom stereocenters. The van der Waals surface area contributed by atoms with Gasteiger partial charge in [0.2, 0.25) is 0 Å². The van der Waals surface area contributed by atoms with Crippen molar-refractivity contribution >= 4 is 6.09 Å². The molecule has 0 spiro atoms. The van der Waals surface area contributed by atoms with Gasteiger partial charge in [-0.2, -0.15) is 0 Å². The Labute approximate surface area is 136 Å². The van der Waals surface area contributed by atoms with Gasteiger partial charge in [-0.25, -0.2) is 13.6 Å². The largest absolute Gasteiger partial charge is 0.444 e. The first kappa shape index (κ1) is 19.4. The molecule has 0 bridgehead atoms. The number of carbonyl (C=O) groups is 1. The number of halogens is 2. The fourth-order valence-electron chi connectivity index (χ4n) is 2.12. The summed E-state index contributed by atoms with van der Waals surface area (Å²) in [5.41, 5.74) is -0.0239. The van der Waals surface area contributed by atoms with E-state index < -0.39 is 23.3 Å². The Kier molecular flexibility index (Phi) is 6.94. The zero-order valence-electron chi connectivity index (χ0n) is 14.4. The summed E-state index contributed by atoms with van der Waals surface area (Å²) in [4.78, 5) is 11.7. The monoisotopic (exact) mass is 328 g/mol. The molecule has 0 saturated carbocycles. The molecule has 0 aliphatic heterocycles. The molecule has 0 fully saturated rings. The third kappa shape index (κ3) is 7.41. The van der Waals surface area contributed by atoms with Crippen LogP contribution in [-0.2, 0) is 4.74 Å². The Bertz CT molecular complexity index is 510. The summed E-state index contributed by atoms with van der Waals surface area (Å²) in [7, 11) is 0. The molecule has 0 saturated heterocycles. The first-order valence-electron chi connectivity index (χ1n) is 7.79. The average Bonchev–Trinajstić information content (AvgIpc) is 2.40. The van der Waals surface area contributed by atoms with Gasteiger partial charge in [0, 0.05) is 24.7 Å². The van der Waals surface area contributed by atoms with Gasteiger partial charge in [-0.3, -0.25) is 0 Å². The molecule has 0 aliphatic carbocycles. The van der Waals surface area contributed by atoms with Crippen LogP contribution in [0.15, 0.2) is 18.2 Å². The van der Waals surface area contributed by atoms with Crippen molar-refractivity contribution in [1.29, 1.82) is 0 Å². The topological polar surface area (TPSA) is 50.4 Å². The van der Waals surface area contributed by atoms with Gasteiger partial charge in [-0.1, -0.05) is 6.92 Å². The molecule has 2 atom stereocenters. The van der Waals surface area contributed by atoms with Crippen LogP contribution in [0.4, 0.5) is 13.6 Å². The van der Waals surface area contributed by atoms with Gasteiger partial charge in [0.15, 0.2) is 0 Å². The standard InChI is InChI=1S/C17H26F2N2O2/c1-6-15(10-20-16(22)23-17(3,4)5)21-11(2)12-7-13(18)9-14(19)8-12/h7-9,11,15,21H,6,10H2,1-5H3,(H,20,22). The lowest BCUT2D eigenvalue weighted by Gasteiger charge is -2.24. The van der Waals surface area contributed by atoms with Gasteiger partial charge in [0.25, 0.3) is 0 Å². The van der Waals surface area contributed by atoms with Crippen molar-refractivity contribution < 1.29 is 18.3 Å². The van der Waals surface area contributed by atoms with E-state index in [9.17, 15) is 13.6 Å². The maximum absolute atomic E-state index is 13.3. The predicted octanol–water partition coefficient (Wildman–Crippen LogP) is 3.92. The fraction of sp³-hybridized carbons (Fsp3) is 0.588. The van der Waals surface area contributed by atoms with Crippen molar-refractivity contribution in [3.63, 3.8) is 0 Å². The van der Waals surface area contributed by atoms with Gasteiger partial charge < -0.3 is 15.4 Å². The lowest BCUT2D eigenvalue weighted by molar-refractivity contribution is 0.0521. The van der Waals surface area contributed by atoms with Crippen molar-refractivity contribution in [3.05, 3.63) is 35.4 Å². The van der Waals surface area contributed by atoms with Crippen LogP contribution in [-0.4, -0.2) is 24.3 Å². The molecule has 23 heavy (non-hydrogen) atoms. The SMILES string of the molecule is CCC(CNC(=O)OC(C)(C)C)NC(C)c1cc(F)cc(F)c1. The van der Waals surface area contributed by atoms with Crippen LogP contribution >= 0.6 is 0 Å². The van der Waals surface area contributed by atoms with E-state index in [2.05, 4.69) is 10.6 Å². The van der Waals surface area contributed by atoms with Crippen LogP contribution < -0.4 is 10.6 Å². The minimum Gasteiger partial charge on any atom is -0.444 e. The summed E-state index contributed by atoms with van der Waals surface area (Å²) in [6.45, 7) is 9.54. The Morgan fingerprint density at radius 2 is 1.78 bits per heavy atom. The van der Waals surface area contributed by atoms with E-state index in [1.807, 2.05) is 13.8 Å². The number of benzene rings is 1. The third-order valence-corrected chi connectivity index (χ3v) is 3.26. The maximum Gasteiger partial charge on any atom is 0.407 e. The van der Waals surface area contributed by atoms with Gasteiger partial charge in [-0.05, 0) is 51.8 Å². The normalized spacial score (nSPS) is 14.2. The minimum absolute atomic E-state index is 0.0381. The van der Waals surface area contributed by atoms with Gasteiger partial charge in [0.1, 0.15) is 17.2 Å². The highest BCUT2D eigenvalue weighted by Gasteiger charge is 2.18. The van der Waals surface area contributed by atoms with Crippen LogP contribution in [0, 0.1) is 11.6 Å². The molecule has 0 aromatic heterocycles. The molecule has 1 rings (SSSR count). The van der Waals surface area contributed by atoms with Crippen LogP contribution in [0.3, 0.4) is 0 Å². The number of ether oxygens (including phenoxy) is 1. The molecule has 1 amide bonds. The van der Waals surface area contributed by atoms with Crippen molar-refractivity contribution in [2.75, 3.05) is 6.54 Å². The van der Waals surface area contributed by atoms with E-state index in [4.69, 9.17) is 4.74 Å². The first-order chi connectivity index (χ1) is 10.6. The molecule has 6 heteroatoms. The van der Waals surface area contributed by atoms with E-state index in [0.717, 1.165) is 12.5 Å². The number of hydrogen-bond acceptors (Lipinski definition) is 3. The molecular formula is C17H26F2N2O2. The van der Waals surface area contributed by atoms with Gasteiger partial charge in [-0.15, -0.1) is 0 Å². The molecule has 0 heterocycles. The van der Waals surface area contributed by atoms with Crippen LogP contribution in [0.1, 0.15) is 52.6 Å². The van der Waals surface area contributed by atoms with Crippen molar-refractivity contribution in [3.8, 4) is 0 Å². The smallest absolute Gasteiger partial charge is 0.407 e. The Hall–Kier alpha value is -1.69. The van der Waals surface area contributed by atoms with E-state index in [-0.39, 0.29) is 12.1 Å². The Morgan fingerprint density at radius 3 is 2.26 bits per heavy atom. The summed E-state index contributed by atoms with van der Waals surface area (Å²) in [6, 6.07) is 3.16. The third-order valence-electron chi connectivity index (χ3n) is 3.26. The van der Waals surface area contributed by atoms with E-state index in [1.54, 1.807) is 20.8 Å². The Balaban J connectivity index is 2.57. The van der Waals surface area contributed by atoms with Crippen molar-refractivity contribution in [1.82, 2.24) is 10.6 Å². The second-order valence-corrected chi connectivity index (χ2v) is 6.58. The van der Waals surface area contributed by atoms with Gasteiger partial charge >= 0.3 is 6.09 Å². The number of rotatable bonds is 6. The van der Waals surface area contributed by atoms with E-state index in [1.165, 1.54) is 12.1 Å². The highest BCUT2D eigenvalue weighted by Crippen LogP contribution is 2.17. The van der Waals surface area contributed by atoms with Crippen LogP contribution in [0.25, 0.3) is 0 Å². The number of carbonyl (C=O) groups excluding carboxylic acids is 1. The zero-order chi connectivity index (χ0) is 17.6. The zero-order valence-corrected chi connectivity index (χ0v) is 14.4. The number of alkyl carbamates (subject to hydrolysis) is 1. The number of nitrogens with one attached hydrogen (secondary N) is 2. The lowest BCUT2D eigenvalue weighted by Crippen LogP contribution is -2.43. The quantitative estimate of drug-likeness (QED) is 0.832. The molecule has 1 aromatic carbocycles. The molecule has 130 valence electrons. The maximum atomic E-state index is 13.3. The van der Waals surface area contributed by atoms with Gasteiger partial charge in [0.05, 0.1) is 0 Å². The molecule has 2 N–H and O–H groups in total. The highest BCUT2D eigenvalue weighted by atomic mass is 19.1. The molecule has 0 aliphatic rings. The van der Waals surface area contributed by atoms with Crippen LogP contribution in [0.2, 0.25) is 0 Å². The summed E-state index contributed by atoms with van der Waals surface area (Å²) >= 11 is 0. The first-order valence-corrected chi connectivity index (χ1v) is 7.79. The second-order valence-electron chi connectivity index (χ2n) is 6.58. The summed E-state index contributed by atoms with van der Waals surface area (Å²) in [5.74, 6) is -1.21. The molecule has 0 radical (unpaired) electrons. The summed E-state index contributed by atoms with van der Waals surface area (Å²) < 4.78 is 31.7. The second kappa shape index (κ2) is 8.24. The average molecular weight is 328 g/mol. The Morgan fingerprint density at radius 1 is 1.22 bits per heavy atom. The van der Waals surface area contributed by atoms with Crippen LogP contribution in [0.5, 0.6) is 0 Å². The van der Waals surface area contributed by atoms with E-state index in [0.29, 0.717) is 12.1 Å². The summed E-state index contributed by atoms with van der Waals surface area (Å²) in [5, 5.41) is 5.95. The summed E-state index contributed by atoms with van der Waals surface area (Å²) in [6.07, 6.45) is 0.264. The predicted molar refractivity (Wildman–Crippen MR) is 86.2 cm³/mol. The highest BCUT2D eigenvalue weighted by molar-refractivity contribution is 5.67. The number of amides is 1. The fourth-order valence-corrected chi connectivity index (χ4v) is 2.12.